The van der Waals surface area contributed by atoms with E-state index in [2.05, 4.69) is 31.4 Å². The van der Waals surface area contributed by atoms with E-state index < -0.39 is 0 Å². The first-order chi connectivity index (χ1) is 12.3. The summed E-state index contributed by atoms with van der Waals surface area (Å²) in [6.07, 6.45) is 5.75. The van der Waals surface area contributed by atoms with Crippen molar-refractivity contribution in [2.45, 2.75) is 31.8 Å². The second-order valence-corrected chi connectivity index (χ2v) is 6.38. The summed E-state index contributed by atoms with van der Waals surface area (Å²) in [7, 11) is 0. The number of urea groups is 1. The molecule has 0 saturated carbocycles. The number of piperidine rings is 1. The summed E-state index contributed by atoms with van der Waals surface area (Å²) >= 11 is 0. The first-order valence-corrected chi connectivity index (χ1v) is 8.61. The maximum atomic E-state index is 12.0. The van der Waals surface area contributed by atoms with E-state index in [1.165, 1.54) is 0 Å². The largest absolute Gasteiger partial charge is 0.354 e. The number of nitriles is 1. The average Bonchev–Trinajstić information content (AvgIpc) is 3.26. The van der Waals surface area contributed by atoms with Gasteiger partial charge in [-0.05, 0) is 12.8 Å². The van der Waals surface area contributed by atoms with Gasteiger partial charge in [0.15, 0.2) is 5.65 Å². The standard InChI is InChI=1S/C16H20N8O/c17-4-2-7-24-15-13(9-21-24)14(19-11-20-15)22-6-1-3-12(10-22)23-8-5-18-16(23)25/h9,11-12H,1-3,5-8,10H2,(H,18,25)/t12-/m1/s1. The second kappa shape index (κ2) is 6.55. The quantitative estimate of drug-likeness (QED) is 0.880. The molecule has 4 heterocycles. The highest BCUT2D eigenvalue weighted by Crippen LogP contribution is 2.27. The number of nitrogens with zero attached hydrogens (tertiary/aromatic N) is 7. The Morgan fingerprint density at radius 3 is 3.08 bits per heavy atom. The van der Waals surface area contributed by atoms with Gasteiger partial charge < -0.3 is 15.1 Å². The minimum absolute atomic E-state index is 0.0315. The SMILES string of the molecule is N#CCCn1ncc2c(N3CCC[C@@H](N4CCNC4=O)C3)ncnc21. The molecule has 1 atom stereocenters. The Morgan fingerprint density at radius 1 is 1.36 bits per heavy atom. The molecule has 2 saturated heterocycles. The van der Waals surface area contributed by atoms with E-state index in [9.17, 15) is 4.79 Å². The predicted octanol–water partition coefficient (Wildman–Crippen LogP) is 0.734. The van der Waals surface area contributed by atoms with Crippen molar-refractivity contribution in [2.24, 2.45) is 0 Å². The Hall–Kier alpha value is -2.89. The van der Waals surface area contributed by atoms with Gasteiger partial charge >= 0.3 is 6.03 Å². The van der Waals surface area contributed by atoms with Crippen LogP contribution < -0.4 is 10.2 Å². The lowest BCUT2D eigenvalue weighted by atomic mass is 10.0. The van der Waals surface area contributed by atoms with Gasteiger partial charge in [-0.15, -0.1) is 0 Å². The van der Waals surface area contributed by atoms with Gasteiger partial charge in [-0.2, -0.15) is 10.4 Å². The van der Waals surface area contributed by atoms with Crippen molar-refractivity contribution >= 4 is 22.9 Å². The molecule has 2 amide bonds. The van der Waals surface area contributed by atoms with Crippen molar-refractivity contribution in [2.75, 3.05) is 31.1 Å². The minimum atomic E-state index is 0.0315. The molecule has 25 heavy (non-hydrogen) atoms. The zero-order chi connectivity index (χ0) is 17.2. The molecule has 130 valence electrons. The van der Waals surface area contributed by atoms with Crippen molar-refractivity contribution in [3.8, 4) is 6.07 Å². The van der Waals surface area contributed by atoms with Gasteiger partial charge in [0.2, 0.25) is 0 Å². The van der Waals surface area contributed by atoms with E-state index in [0.717, 1.165) is 55.9 Å². The molecule has 2 aliphatic heterocycles. The highest BCUT2D eigenvalue weighted by Gasteiger charge is 2.32. The summed E-state index contributed by atoms with van der Waals surface area (Å²) in [6, 6.07) is 2.37. The van der Waals surface area contributed by atoms with Crippen LogP contribution in [0.3, 0.4) is 0 Å². The lowest BCUT2D eigenvalue weighted by Gasteiger charge is -2.37. The highest BCUT2D eigenvalue weighted by atomic mass is 16.2. The molecule has 0 bridgehead atoms. The van der Waals surface area contributed by atoms with Crippen LogP contribution in [0.4, 0.5) is 10.6 Å². The first-order valence-electron chi connectivity index (χ1n) is 8.61. The van der Waals surface area contributed by atoms with E-state index in [0.29, 0.717) is 13.0 Å². The van der Waals surface area contributed by atoms with Crippen LogP contribution in [0.2, 0.25) is 0 Å². The number of hydrogen-bond acceptors (Lipinski definition) is 6. The van der Waals surface area contributed by atoms with Crippen molar-refractivity contribution < 1.29 is 4.79 Å². The number of aryl methyl sites for hydroxylation is 1. The molecule has 1 N–H and O–H groups in total. The normalized spacial score (nSPS) is 20.8. The number of anilines is 1. The van der Waals surface area contributed by atoms with Gasteiger partial charge in [0.1, 0.15) is 12.1 Å². The van der Waals surface area contributed by atoms with E-state index in [4.69, 9.17) is 5.26 Å². The molecular formula is C16H20N8O. The number of fused-ring (bicyclic) bond motifs is 1. The second-order valence-electron chi connectivity index (χ2n) is 6.38. The molecule has 2 aromatic heterocycles. The summed E-state index contributed by atoms with van der Waals surface area (Å²) in [5.41, 5.74) is 0.751. The monoisotopic (exact) mass is 340 g/mol. The average molecular weight is 340 g/mol. The van der Waals surface area contributed by atoms with Gasteiger partial charge in [-0.3, -0.25) is 0 Å². The van der Waals surface area contributed by atoms with Gasteiger partial charge in [0.05, 0.1) is 36.7 Å². The van der Waals surface area contributed by atoms with Crippen LogP contribution in [0, 0.1) is 11.3 Å². The maximum Gasteiger partial charge on any atom is 0.317 e. The third-order valence-corrected chi connectivity index (χ3v) is 4.87. The molecule has 0 spiro atoms. The molecule has 2 aliphatic rings. The Morgan fingerprint density at radius 2 is 2.28 bits per heavy atom. The van der Waals surface area contributed by atoms with Gasteiger partial charge in [0, 0.05) is 26.2 Å². The fraction of sp³-hybridized carbons (Fsp3) is 0.562. The lowest BCUT2D eigenvalue weighted by molar-refractivity contribution is 0.189. The molecule has 0 aromatic carbocycles. The molecule has 0 radical (unpaired) electrons. The van der Waals surface area contributed by atoms with Crippen molar-refractivity contribution in [1.29, 1.82) is 5.26 Å². The van der Waals surface area contributed by atoms with Crippen LogP contribution in [0.15, 0.2) is 12.5 Å². The maximum absolute atomic E-state index is 12.0. The van der Waals surface area contributed by atoms with E-state index in [1.807, 2.05) is 4.90 Å². The summed E-state index contributed by atoms with van der Waals surface area (Å²) in [4.78, 5) is 24.9. The summed E-state index contributed by atoms with van der Waals surface area (Å²) in [5.74, 6) is 0.859. The van der Waals surface area contributed by atoms with E-state index >= 15 is 0 Å². The Balaban J connectivity index is 1.59. The Kier molecular flexibility index (Phi) is 4.09. The van der Waals surface area contributed by atoms with Gasteiger partial charge in [0.25, 0.3) is 0 Å². The number of aromatic nitrogens is 4. The molecule has 9 nitrogen and oxygen atoms in total. The van der Waals surface area contributed by atoms with Crippen molar-refractivity contribution in [3.63, 3.8) is 0 Å². The topological polar surface area (TPSA) is 103 Å². The number of carbonyl (C=O) groups is 1. The van der Waals surface area contributed by atoms with Gasteiger partial charge in [-0.25, -0.2) is 19.4 Å². The van der Waals surface area contributed by atoms with Crippen LogP contribution in [0.5, 0.6) is 0 Å². The fourth-order valence-electron chi connectivity index (χ4n) is 3.69. The number of amides is 2. The van der Waals surface area contributed by atoms with Crippen LogP contribution in [-0.2, 0) is 6.54 Å². The number of nitrogens with one attached hydrogen (secondary N) is 1. The summed E-state index contributed by atoms with van der Waals surface area (Å²) in [6.45, 7) is 3.68. The molecule has 2 fully saturated rings. The smallest absolute Gasteiger partial charge is 0.317 e. The van der Waals surface area contributed by atoms with E-state index in [-0.39, 0.29) is 12.1 Å². The third-order valence-electron chi connectivity index (χ3n) is 4.87. The molecule has 0 unspecified atom stereocenters. The third kappa shape index (κ3) is 2.84. The van der Waals surface area contributed by atoms with Crippen LogP contribution in [0.25, 0.3) is 11.0 Å². The number of hydrogen-bond donors (Lipinski definition) is 1. The zero-order valence-electron chi connectivity index (χ0n) is 13.9. The Bertz CT molecular complexity index is 825. The fourth-order valence-corrected chi connectivity index (χ4v) is 3.69. The first kappa shape index (κ1) is 15.6. The number of rotatable bonds is 4. The number of carbonyl (C=O) groups excluding carboxylic acids is 1. The molecular weight excluding hydrogens is 320 g/mol. The zero-order valence-corrected chi connectivity index (χ0v) is 13.9. The Labute approximate surface area is 145 Å². The summed E-state index contributed by atoms with van der Waals surface area (Å²) < 4.78 is 1.75. The van der Waals surface area contributed by atoms with Crippen molar-refractivity contribution in [1.82, 2.24) is 30.0 Å². The highest BCUT2D eigenvalue weighted by molar-refractivity contribution is 5.86. The minimum Gasteiger partial charge on any atom is -0.354 e. The predicted molar refractivity (Wildman–Crippen MR) is 90.9 cm³/mol. The van der Waals surface area contributed by atoms with Crippen LogP contribution in [-0.4, -0.2) is 62.9 Å². The molecule has 4 rings (SSSR count). The molecule has 9 heteroatoms. The van der Waals surface area contributed by atoms with Crippen LogP contribution >= 0.6 is 0 Å². The summed E-state index contributed by atoms with van der Waals surface area (Å²) in [5, 5.41) is 16.9. The lowest BCUT2D eigenvalue weighted by Crippen LogP contribution is -2.49. The van der Waals surface area contributed by atoms with Crippen LogP contribution in [0.1, 0.15) is 19.3 Å². The molecule has 2 aromatic rings. The van der Waals surface area contributed by atoms with Gasteiger partial charge in [-0.1, -0.05) is 0 Å². The van der Waals surface area contributed by atoms with E-state index in [1.54, 1.807) is 17.2 Å². The van der Waals surface area contributed by atoms with Crippen molar-refractivity contribution in [3.05, 3.63) is 12.5 Å². The molecule has 0 aliphatic carbocycles.